The number of phenols is 1. The predicted octanol–water partition coefficient (Wildman–Crippen LogP) is 1.31. The molecule has 0 aliphatic heterocycles. The molecular weight excluding hydrogens is 218 g/mol. The Morgan fingerprint density at radius 2 is 2.20 bits per heavy atom. The summed E-state index contributed by atoms with van der Waals surface area (Å²) in [7, 11) is 0. The minimum atomic E-state index is -1.06. The number of carboxylic acid groups (broad SMARTS) is 1. The Balaban J connectivity index is 2.95. The first-order chi connectivity index (χ1) is 6.91. The van der Waals surface area contributed by atoms with Crippen LogP contribution in [0.3, 0.4) is 0 Å². The van der Waals surface area contributed by atoms with E-state index in [4.69, 9.17) is 22.4 Å². The fourth-order valence-electron chi connectivity index (χ4n) is 1.25. The van der Waals surface area contributed by atoms with Crippen molar-refractivity contribution in [1.82, 2.24) is 0 Å². The molecule has 0 saturated heterocycles. The molecule has 1 aromatic rings. The van der Waals surface area contributed by atoms with Gasteiger partial charge < -0.3 is 15.9 Å². The highest BCUT2D eigenvalue weighted by Gasteiger charge is 2.14. The average Bonchev–Trinajstić information content (AvgIpc) is 2.13. The molecule has 1 rings (SSSR count). The van der Waals surface area contributed by atoms with E-state index in [2.05, 4.69) is 0 Å². The summed E-state index contributed by atoms with van der Waals surface area (Å²) < 4.78 is 0. The number of rotatable bonds is 3. The number of carboxylic acids is 1. The van der Waals surface area contributed by atoms with Crippen LogP contribution in [-0.2, 0) is 11.2 Å². The van der Waals surface area contributed by atoms with E-state index in [1.54, 1.807) is 6.92 Å². The molecule has 1 unspecified atom stereocenters. The summed E-state index contributed by atoms with van der Waals surface area (Å²) >= 11 is 5.71. The van der Waals surface area contributed by atoms with Gasteiger partial charge >= 0.3 is 5.97 Å². The number of halogens is 1. The second kappa shape index (κ2) is 4.51. The molecule has 0 aliphatic carbocycles. The van der Waals surface area contributed by atoms with Crippen molar-refractivity contribution in [3.05, 3.63) is 28.3 Å². The Hall–Kier alpha value is -1.26. The van der Waals surface area contributed by atoms with Gasteiger partial charge in [-0.1, -0.05) is 11.6 Å². The minimum absolute atomic E-state index is 0.0122. The second-order valence-electron chi connectivity index (χ2n) is 3.38. The van der Waals surface area contributed by atoms with Crippen LogP contribution in [0.5, 0.6) is 5.75 Å². The minimum Gasteiger partial charge on any atom is -0.506 e. The van der Waals surface area contributed by atoms with Crippen molar-refractivity contribution in [3.63, 3.8) is 0 Å². The normalized spacial score (nSPS) is 12.5. The van der Waals surface area contributed by atoms with E-state index < -0.39 is 12.0 Å². The molecule has 0 fully saturated rings. The van der Waals surface area contributed by atoms with Crippen molar-refractivity contribution in [3.8, 4) is 5.75 Å². The van der Waals surface area contributed by atoms with Gasteiger partial charge in [0.25, 0.3) is 0 Å². The monoisotopic (exact) mass is 229 g/mol. The number of aliphatic carboxylic acids is 1. The molecule has 0 radical (unpaired) electrons. The van der Waals surface area contributed by atoms with Crippen molar-refractivity contribution in [1.29, 1.82) is 0 Å². The van der Waals surface area contributed by atoms with E-state index in [-0.39, 0.29) is 17.2 Å². The van der Waals surface area contributed by atoms with Gasteiger partial charge in [-0.25, -0.2) is 0 Å². The molecule has 82 valence electrons. The van der Waals surface area contributed by atoms with Crippen LogP contribution in [0.25, 0.3) is 0 Å². The van der Waals surface area contributed by atoms with Crippen molar-refractivity contribution in [2.75, 3.05) is 0 Å². The molecule has 0 spiro atoms. The second-order valence-corrected chi connectivity index (χ2v) is 3.79. The Labute approximate surface area is 92.3 Å². The molecule has 0 saturated carbocycles. The summed E-state index contributed by atoms with van der Waals surface area (Å²) in [5, 5.41) is 18.1. The first kappa shape index (κ1) is 11.8. The zero-order valence-corrected chi connectivity index (χ0v) is 8.95. The van der Waals surface area contributed by atoms with E-state index in [1.165, 1.54) is 12.1 Å². The smallest absolute Gasteiger partial charge is 0.320 e. The molecule has 5 heteroatoms. The number of benzene rings is 1. The van der Waals surface area contributed by atoms with Gasteiger partial charge in [-0.3, -0.25) is 4.79 Å². The highest BCUT2D eigenvalue weighted by atomic mass is 35.5. The van der Waals surface area contributed by atoms with E-state index in [9.17, 15) is 9.90 Å². The van der Waals surface area contributed by atoms with Gasteiger partial charge in [0, 0.05) is 0 Å². The van der Waals surface area contributed by atoms with E-state index in [0.29, 0.717) is 0 Å². The van der Waals surface area contributed by atoms with Crippen LogP contribution < -0.4 is 5.73 Å². The zero-order valence-electron chi connectivity index (χ0n) is 8.20. The third-order valence-corrected chi connectivity index (χ3v) is 2.47. The van der Waals surface area contributed by atoms with Gasteiger partial charge in [-0.2, -0.15) is 0 Å². The third-order valence-electron chi connectivity index (χ3n) is 2.16. The lowest BCUT2D eigenvalue weighted by atomic mass is 10.0. The average molecular weight is 230 g/mol. The number of aromatic hydroxyl groups is 1. The lowest BCUT2D eigenvalue weighted by Crippen LogP contribution is -2.32. The number of aryl methyl sites for hydroxylation is 1. The first-order valence-corrected chi connectivity index (χ1v) is 4.76. The first-order valence-electron chi connectivity index (χ1n) is 4.38. The summed E-state index contributed by atoms with van der Waals surface area (Å²) in [5.41, 5.74) is 6.90. The molecule has 0 aromatic heterocycles. The highest BCUT2D eigenvalue weighted by molar-refractivity contribution is 6.32. The van der Waals surface area contributed by atoms with Crippen LogP contribution in [0, 0.1) is 6.92 Å². The molecule has 1 aromatic carbocycles. The van der Waals surface area contributed by atoms with Gasteiger partial charge in [0.1, 0.15) is 11.8 Å². The van der Waals surface area contributed by atoms with Crippen molar-refractivity contribution in [2.24, 2.45) is 5.73 Å². The maximum Gasteiger partial charge on any atom is 0.320 e. The van der Waals surface area contributed by atoms with Gasteiger partial charge in [0.2, 0.25) is 0 Å². The molecule has 15 heavy (non-hydrogen) atoms. The van der Waals surface area contributed by atoms with E-state index >= 15 is 0 Å². The summed E-state index contributed by atoms with van der Waals surface area (Å²) in [6.45, 7) is 1.76. The quantitative estimate of drug-likeness (QED) is 0.730. The topological polar surface area (TPSA) is 83.5 Å². The molecular formula is C10H12ClNO3. The largest absolute Gasteiger partial charge is 0.506 e. The van der Waals surface area contributed by atoms with Crippen LogP contribution >= 0.6 is 11.6 Å². The number of hydrogen-bond acceptors (Lipinski definition) is 3. The Morgan fingerprint density at radius 3 is 2.73 bits per heavy atom. The molecule has 0 aliphatic rings. The van der Waals surface area contributed by atoms with Gasteiger partial charge in [0.15, 0.2) is 0 Å². The summed E-state index contributed by atoms with van der Waals surface area (Å²) in [4.78, 5) is 10.6. The van der Waals surface area contributed by atoms with Crippen LogP contribution in [0.4, 0.5) is 0 Å². The van der Waals surface area contributed by atoms with Gasteiger partial charge in [0.05, 0.1) is 5.02 Å². The molecule has 0 bridgehead atoms. The fourth-order valence-corrected chi connectivity index (χ4v) is 1.44. The lowest BCUT2D eigenvalue weighted by Gasteiger charge is -2.10. The summed E-state index contributed by atoms with van der Waals surface area (Å²) in [6, 6.07) is 2.07. The SMILES string of the molecule is Cc1cc(O)c(Cl)cc1CC(N)C(=O)O. The molecule has 1 atom stereocenters. The molecule has 0 heterocycles. The maximum absolute atomic E-state index is 10.6. The van der Waals surface area contributed by atoms with Crippen molar-refractivity contribution in [2.45, 2.75) is 19.4 Å². The van der Waals surface area contributed by atoms with Crippen molar-refractivity contribution < 1.29 is 15.0 Å². The summed E-state index contributed by atoms with van der Waals surface area (Å²) in [5.74, 6) is -1.07. The number of nitrogens with two attached hydrogens (primary N) is 1. The maximum atomic E-state index is 10.6. The van der Waals surface area contributed by atoms with Crippen LogP contribution in [0.15, 0.2) is 12.1 Å². The van der Waals surface area contributed by atoms with Crippen LogP contribution in [0.1, 0.15) is 11.1 Å². The number of hydrogen-bond donors (Lipinski definition) is 3. The van der Waals surface area contributed by atoms with Gasteiger partial charge in [-0.15, -0.1) is 0 Å². The van der Waals surface area contributed by atoms with Crippen molar-refractivity contribution >= 4 is 17.6 Å². The van der Waals surface area contributed by atoms with Crippen LogP contribution in [0.2, 0.25) is 5.02 Å². The van der Waals surface area contributed by atoms with E-state index in [1.807, 2.05) is 0 Å². The molecule has 4 N–H and O–H groups in total. The van der Waals surface area contributed by atoms with Gasteiger partial charge in [-0.05, 0) is 36.6 Å². The van der Waals surface area contributed by atoms with E-state index in [0.717, 1.165) is 11.1 Å². The highest BCUT2D eigenvalue weighted by Crippen LogP contribution is 2.27. The standard InChI is InChI=1S/C10H12ClNO3/c1-5-2-9(13)7(11)3-6(5)4-8(12)10(14)15/h2-3,8,13H,4,12H2,1H3,(H,14,15). The zero-order chi connectivity index (χ0) is 11.6. The Morgan fingerprint density at radius 1 is 1.60 bits per heavy atom. The number of carbonyl (C=O) groups is 1. The molecule has 4 nitrogen and oxygen atoms in total. The Bertz CT molecular complexity index is 392. The predicted molar refractivity (Wildman–Crippen MR) is 57.2 cm³/mol. The third kappa shape index (κ3) is 2.84. The Kier molecular flexibility index (Phi) is 3.55. The molecule has 0 amide bonds. The van der Waals surface area contributed by atoms with Crippen LogP contribution in [-0.4, -0.2) is 22.2 Å². The summed E-state index contributed by atoms with van der Waals surface area (Å²) in [6.07, 6.45) is 0.196. The fraction of sp³-hybridized carbons (Fsp3) is 0.300. The lowest BCUT2D eigenvalue weighted by molar-refractivity contribution is -0.138. The number of phenolic OH excluding ortho intramolecular Hbond substituents is 1.